The first-order valence-electron chi connectivity index (χ1n) is 12.6. The SMILES string of the molecule is CN1C(=O)CCCN(C(=O)c2cccn3cnnc23)CCCNC(=O)c2nn(C)c3c2CC1CC3.O=CO. The maximum Gasteiger partial charge on any atom is 0.290 e. The minimum atomic E-state index is -0.250. The lowest BCUT2D eigenvalue weighted by molar-refractivity contribution is -0.132. The number of hydrogen-bond donors (Lipinski definition) is 2. The number of hydrogen-bond acceptors (Lipinski definition) is 7. The minimum Gasteiger partial charge on any atom is -0.483 e. The highest BCUT2D eigenvalue weighted by Gasteiger charge is 2.32. The van der Waals surface area contributed by atoms with Crippen molar-refractivity contribution in [2.75, 3.05) is 26.7 Å². The fourth-order valence-corrected chi connectivity index (χ4v) is 5.14. The lowest BCUT2D eigenvalue weighted by atomic mass is 9.90. The molecule has 0 saturated carbocycles. The van der Waals surface area contributed by atoms with Gasteiger partial charge in [0.05, 0.1) is 5.56 Å². The molecule has 38 heavy (non-hydrogen) atoms. The van der Waals surface area contributed by atoms with Gasteiger partial charge in [-0.1, -0.05) is 0 Å². The molecule has 3 aromatic rings. The molecule has 0 saturated heterocycles. The zero-order chi connectivity index (χ0) is 27.2. The van der Waals surface area contributed by atoms with Crippen LogP contribution in [0.4, 0.5) is 0 Å². The molecule has 2 bridgehead atoms. The number of aryl methyl sites for hydroxylation is 1. The summed E-state index contributed by atoms with van der Waals surface area (Å²) in [7, 11) is 3.70. The maximum atomic E-state index is 13.4. The Balaban J connectivity index is 0.00000107. The van der Waals surface area contributed by atoms with E-state index in [4.69, 9.17) is 9.90 Å². The van der Waals surface area contributed by atoms with Crippen LogP contribution in [0.5, 0.6) is 0 Å². The molecule has 5 rings (SSSR count). The molecule has 4 heterocycles. The number of nitrogens with zero attached hydrogens (tertiary/aromatic N) is 7. The van der Waals surface area contributed by atoms with Crippen LogP contribution < -0.4 is 5.32 Å². The Morgan fingerprint density at radius 2 is 1.95 bits per heavy atom. The fourth-order valence-electron chi connectivity index (χ4n) is 5.14. The van der Waals surface area contributed by atoms with Crippen LogP contribution in [0.25, 0.3) is 5.65 Å². The van der Waals surface area contributed by atoms with Crippen molar-refractivity contribution in [3.8, 4) is 0 Å². The van der Waals surface area contributed by atoms with Gasteiger partial charge in [0.1, 0.15) is 6.33 Å². The quantitative estimate of drug-likeness (QED) is 0.437. The summed E-state index contributed by atoms with van der Waals surface area (Å²) in [5.41, 5.74) is 3.41. The molecule has 0 aromatic carbocycles. The van der Waals surface area contributed by atoms with Gasteiger partial charge < -0.3 is 20.2 Å². The summed E-state index contributed by atoms with van der Waals surface area (Å²) in [6, 6.07) is 3.55. The van der Waals surface area contributed by atoms with Crippen LogP contribution in [0.1, 0.15) is 57.8 Å². The summed E-state index contributed by atoms with van der Waals surface area (Å²) in [6.45, 7) is 1.06. The third-order valence-corrected chi connectivity index (χ3v) is 7.14. The third kappa shape index (κ3) is 5.50. The predicted molar refractivity (Wildman–Crippen MR) is 136 cm³/mol. The molecule has 0 fully saturated rings. The number of carbonyl (C=O) groups excluding carboxylic acids is 3. The zero-order valence-electron chi connectivity index (χ0n) is 21.5. The van der Waals surface area contributed by atoms with Crippen molar-refractivity contribution < 1.29 is 24.3 Å². The molecule has 2 N–H and O–H groups in total. The van der Waals surface area contributed by atoms with Crippen molar-refractivity contribution in [2.24, 2.45) is 7.05 Å². The van der Waals surface area contributed by atoms with E-state index in [2.05, 4.69) is 20.6 Å². The summed E-state index contributed by atoms with van der Waals surface area (Å²) >= 11 is 0. The van der Waals surface area contributed by atoms with E-state index >= 15 is 0 Å². The van der Waals surface area contributed by atoms with Gasteiger partial charge in [0.15, 0.2) is 11.3 Å². The molecule has 1 atom stereocenters. The van der Waals surface area contributed by atoms with Gasteiger partial charge in [-0.3, -0.25) is 28.3 Å². The minimum absolute atomic E-state index is 0.0270. The molecule has 13 heteroatoms. The van der Waals surface area contributed by atoms with Crippen LogP contribution in [0.15, 0.2) is 24.7 Å². The van der Waals surface area contributed by atoms with Crippen LogP contribution in [-0.2, 0) is 29.5 Å². The van der Waals surface area contributed by atoms with Crippen molar-refractivity contribution in [3.63, 3.8) is 0 Å². The van der Waals surface area contributed by atoms with Gasteiger partial charge in [-0.25, -0.2) is 0 Å². The molecule has 1 aliphatic carbocycles. The van der Waals surface area contributed by atoms with E-state index < -0.39 is 0 Å². The number of fused-ring (bicyclic) bond motifs is 2. The highest BCUT2D eigenvalue weighted by molar-refractivity contribution is 5.99. The van der Waals surface area contributed by atoms with E-state index in [9.17, 15) is 14.4 Å². The number of pyridine rings is 1. The van der Waals surface area contributed by atoms with Crippen LogP contribution in [0.2, 0.25) is 0 Å². The topological polar surface area (TPSA) is 155 Å². The molecule has 3 aromatic heterocycles. The highest BCUT2D eigenvalue weighted by atomic mass is 16.3. The lowest BCUT2D eigenvalue weighted by Crippen LogP contribution is -2.41. The first-order chi connectivity index (χ1) is 18.3. The number of likely N-dealkylation sites (N-methyl/N-ethyl adjacent to an activating group) is 1. The number of amides is 3. The van der Waals surface area contributed by atoms with Crippen LogP contribution in [0, 0.1) is 0 Å². The number of carbonyl (C=O) groups is 4. The van der Waals surface area contributed by atoms with Gasteiger partial charge in [0.25, 0.3) is 18.3 Å². The van der Waals surface area contributed by atoms with Crippen molar-refractivity contribution in [3.05, 3.63) is 47.2 Å². The van der Waals surface area contributed by atoms with Gasteiger partial charge in [0, 0.05) is 63.6 Å². The molecular formula is C25H32N8O5. The molecule has 1 unspecified atom stereocenters. The van der Waals surface area contributed by atoms with E-state index in [1.807, 2.05) is 14.1 Å². The van der Waals surface area contributed by atoms with Crippen LogP contribution in [0.3, 0.4) is 0 Å². The molecule has 2 aliphatic rings. The molecule has 202 valence electrons. The number of aromatic nitrogens is 5. The Kier molecular flexibility index (Phi) is 8.34. The summed E-state index contributed by atoms with van der Waals surface area (Å²) < 4.78 is 3.50. The summed E-state index contributed by atoms with van der Waals surface area (Å²) in [6.07, 6.45) is 7.10. The van der Waals surface area contributed by atoms with E-state index in [1.165, 1.54) is 0 Å². The first kappa shape index (κ1) is 26.8. The second-order valence-electron chi connectivity index (χ2n) is 9.39. The number of nitrogens with one attached hydrogen (secondary N) is 1. The Morgan fingerprint density at radius 1 is 1.18 bits per heavy atom. The second kappa shape index (κ2) is 11.8. The first-order valence-corrected chi connectivity index (χ1v) is 12.6. The van der Waals surface area contributed by atoms with Gasteiger partial charge >= 0.3 is 0 Å². The fraction of sp³-hybridized carbons (Fsp3) is 0.480. The van der Waals surface area contributed by atoms with E-state index in [1.54, 1.807) is 43.5 Å². The lowest BCUT2D eigenvalue weighted by Gasteiger charge is -2.32. The van der Waals surface area contributed by atoms with E-state index in [-0.39, 0.29) is 30.2 Å². The normalized spacial score (nSPS) is 18.6. The van der Waals surface area contributed by atoms with Gasteiger partial charge in [-0.2, -0.15) is 5.10 Å². The maximum absolute atomic E-state index is 13.4. The average Bonchev–Trinajstić information content (AvgIpc) is 3.53. The van der Waals surface area contributed by atoms with Gasteiger partial charge in [-0.05, 0) is 44.2 Å². The number of carboxylic acid groups (broad SMARTS) is 1. The highest BCUT2D eigenvalue weighted by Crippen LogP contribution is 2.27. The van der Waals surface area contributed by atoms with Crippen molar-refractivity contribution in [1.29, 1.82) is 0 Å². The van der Waals surface area contributed by atoms with Gasteiger partial charge in [-0.15, -0.1) is 10.2 Å². The second-order valence-corrected chi connectivity index (χ2v) is 9.39. The monoisotopic (exact) mass is 524 g/mol. The van der Waals surface area contributed by atoms with Crippen molar-refractivity contribution >= 4 is 29.8 Å². The average molecular weight is 525 g/mol. The number of rotatable bonds is 1. The van der Waals surface area contributed by atoms with E-state index in [0.29, 0.717) is 62.2 Å². The molecule has 13 nitrogen and oxygen atoms in total. The van der Waals surface area contributed by atoms with Gasteiger partial charge in [0.2, 0.25) is 5.91 Å². The Bertz CT molecular complexity index is 1330. The van der Waals surface area contributed by atoms with Crippen LogP contribution in [-0.4, -0.2) is 96.2 Å². The zero-order valence-corrected chi connectivity index (χ0v) is 21.5. The predicted octanol–water partition coefficient (Wildman–Crippen LogP) is 0.535. The molecule has 1 aliphatic heterocycles. The van der Waals surface area contributed by atoms with E-state index in [0.717, 1.165) is 24.1 Å². The molecular weight excluding hydrogens is 492 g/mol. The third-order valence-electron chi connectivity index (χ3n) is 7.14. The summed E-state index contributed by atoms with van der Waals surface area (Å²) in [5, 5.41) is 22.3. The Morgan fingerprint density at radius 3 is 2.74 bits per heavy atom. The van der Waals surface area contributed by atoms with Crippen LogP contribution >= 0.6 is 0 Å². The standard InChI is InChI=1S/C24H30N8O3.CH2O2/c1-29-16-8-9-19-18(14-16)21(28-30(19)2)23(34)25-10-5-13-31(11-4-7-20(29)33)24(35)17-6-3-12-32-15-26-27-22(17)32;2-1-3/h3,6,12,15-16H,4-5,7-11,13-14H2,1-2H3,(H,25,34);1H,(H,2,3). The smallest absolute Gasteiger partial charge is 0.290 e. The summed E-state index contributed by atoms with van der Waals surface area (Å²) in [5.74, 6) is -0.319. The molecule has 0 spiro atoms. The largest absolute Gasteiger partial charge is 0.483 e. The van der Waals surface area contributed by atoms with Crippen molar-refractivity contribution in [2.45, 2.75) is 44.6 Å². The summed E-state index contributed by atoms with van der Waals surface area (Å²) in [4.78, 5) is 51.3. The Labute approximate surface area is 219 Å². The molecule has 0 radical (unpaired) electrons. The molecule has 3 amide bonds. The van der Waals surface area contributed by atoms with Crippen molar-refractivity contribution in [1.82, 2.24) is 39.5 Å². The Hall–Kier alpha value is -4.29.